The molecule has 0 spiro atoms. The molecule has 2 rings (SSSR count). The molecule has 1 aliphatic heterocycles. The van der Waals surface area contributed by atoms with Crippen LogP contribution in [-0.2, 0) is 0 Å². The lowest BCUT2D eigenvalue weighted by molar-refractivity contribution is 0.172. The minimum Gasteiger partial charge on any atom is -0.314 e. The minimum absolute atomic E-state index is 0.800. The molecule has 0 aromatic rings. The first kappa shape index (κ1) is 13.4. The third-order valence-electron chi connectivity index (χ3n) is 4.59. The van der Waals surface area contributed by atoms with E-state index >= 15 is 0 Å². The summed E-state index contributed by atoms with van der Waals surface area (Å²) in [5, 5.41) is 3.67. The molecule has 0 aromatic heterocycles. The Balaban J connectivity index is 1.62. The van der Waals surface area contributed by atoms with Crippen molar-refractivity contribution < 1.29 is 0 Å². The van der Waals surface area contributed by atoms with Crippen molar-refractivity contribution in [3.63, 3.8) is 0 Å². The smallest absolute Gasteiger partial charge is 0.00914 e. The Kier molecular flexibility index (Phi) is 5.30. The Hall–Kier alpha value is -0.0800. The maximum atomic E-state index is 3.67. The summed E-state index contributed by atoms with van der Waals surface area (Å²) in [6.07, 6.45) is 8.42. The second-order valence-electron chi connectivity index (χ2n) is 6.31. The summed E-state index contributed by atoms with van der Waals surface area (Å²) >= 11 is 0. The first-order valence-corrected chi connectivity index (χ1v) is 7.73. The van der Waals surface area contributed by atoms with Crippen molar-refractivity contribution in [1.29, 1.82) is 0 Å². The topological polar surface area (TPSA) is 15.3 Å². The van der Waals surface area contributed by atoms with Crippen LogP contribution in [0.1, 0.15) is 52.4 Å². The molecule has 1 aliphatic carbocycles. The average Bonchev–Trinajstić information content (AvgIpc) is 2.74. The van der Waals surface area contributed by atoms with Crippen molar-refractivity contribution in [2.45, 2.75) is 58.4 Å². The Morgan fingerprint density at radius 3 is 2.47 bits per heavy atom. The van der Waals surface area contributed by atoms with Crippen LogP contribution >= 0.6 is 0 Å². The van der Waals surface area contributed by atoms with E-state index in [1.54, 1.807) is 0 Å². The molecule has 0 aromatic carbocycles. The molecule has 1 saturated heterocycles. The number of nitrogens with one attached hydrogen (secondary N) is 1. The fraction of sp³-hybridized carbons (Fsp3) is 1.00. The zero-order valence-electron chi connectivity index (χ0n) is 11.8. The molecule has 100 valence electrons. The number of hydrogen-bond donors (Lipinski definition) is 1. The lowest BCUT2D eigenvalue weighted by Crippen LogP contribution is -2.44. The van der Waals surface area contributed by atoms with E-state index in [2.05, 4.69) is 24.1 Å². The normalized spacial score (nSPS) is 32.1. The molecular formula is C15H30N2. The van der Waals surface area contributed by atoms with Gasteiger partial charge in [0.15, 0.2) is 0 Å². The highest BCUT2D eigenvalue weighted by Crippen LogP contribution is 2.31. The van der Waals surface area contributed by atoms with Crippen molar-refractivity contribution in [3.05, 3.63) is 0 Å². The molecule has 1 heterocycles. The van der Waals surface area contributed by atoms with Crippen LogP contribution in [0.15, 0.2) is 0 Å². The Morgan fingerprint density at radius 1 is 1.12 bits per heavy atom. The third-order valence-corrected chi connectivity index (χ3v) is 4.59. The first-order valence-electron chi connectivity index (χ1n) is 7.73. The van der Waals surface area contributed by atoms with E-state index in [9.17, 15) is 0 Å². The molecule has 2 aliphatic rings. The van der Waals surface area contributed by atoms with Crippen LogP contribution in [0.25, 0.3) is 0 Å². The summed E-state index contributed by atoms with van der Waals surface area (Å²) in [6, 6.07) is 0.800. The fourth-order valence-corrected chi connectivity index (χ4v) is 3.52. The SMILES string of the molecule is CCCNC1CCN(CC2CCC(C)C2)CC1. The van der Waals surface area contributed by atoms with E-state index in [0.29, 0.717) is 0 Å². The maximum absolute atomic E-state index is 3.67. The Morgan fingerprint density at radius 2 is 1.88 bits per heavy atom. The fourth-order valence-electron chi connectivity index (χ4n) is 3.52. The standard InChI is InChI=1S/C15H30N2/c1-3-8-16-15-6-9-17(10-7-15)12-14-5-4-13(2)11-14/h13-16H,3-12H2,1-2H3. The summed E-state index contributed by atoms with van der Waals surface area (Å²) in [4.78, 5) is 2.72. The van der Waals surface area contributed by atoms with Crippen LogP contribution in [0.3, 0.4) is 0 Å². The molecule has 2 unspecified atom stereocenters. The zero-order valence-corrected chi connectivity index (χ0v) is 11.8. The summed E-state index contributed by atoms with van der Waals surface area (Å²) in [7, 11) is 0. The molecule has 2 nitrogen and oxygen atoms in total. The highest BCUT2D eigenvalue weighted by atomic mass is 15.1. The molecule has 2 heteroatoms. The number of hydrogen-bond acceptors (Lipinski definition) is 2. The number of likely N-dealkylation sites (tertiary alicyclic amines) is 1. The van der Waals surface area contributed by atoms with E-state index in [-0.39, 0.29) is 0 Å². The van der Waals surface area contributed by atoms with Crippen molar-refractivity contribution in [3.8, 4) is 0 Å². The van der Waals surface area contributed by atoms with Crippen molar-refractivity contribution in [2.24, 2.45) is 11.8 Å². The van der Waals surface area contributed by atoms with E-state index in [1.165, 1.54) is 64.7 Å². The highest BCUT2D eigenvalue weighted by Gasteiger charge is 2.25. The maximum Gasteiger partial charge on any atom is 0.00914 e. The van der Waals surface area contributed by atoms with Gasteiger partial charge in [-0.1, -0.05) is 20.3 Å². The lowest BCUT2D eigenvalue weighted by atomic mass is 10.0. The highest BCUT2D eigenvalue weighted by molar-refractivity contribution is 4.81. The second-order valence-corrected chi connectivity index (χ2v) is 6.31. The molecule has 0 radical (unpaired) electrons. The van der Waals surface area contributed by atoms with Gasteiger partial charge in [0.1, 0.15) is 0 Å². The molecule has 17 heavy (non-hydrogen) atoms. The molecular weight excluding hydrogens is 208 g/mol. The Labute approximate surface area is 107 Å². The van der Waals surface area contributed by atoms with Crippen LogP contribution in [0.2, 0.25) is 0 Å². The van der Waals surface area contributed by atoms with Crippen molar-refractivity contribution in [1.82, 2.24) is 10.2 Å². The van der Waals surface area contributed by atoms with Gasteiger partial charge >= 0.3 is 0 Å². The van der Waals surface area contributed by atoms with Gasteiger partial charge in [-0.2, -0.15) is 0 Å². The van der Waals surface area contributed by atoms with E-state index in [4.69, 9.17) is 0 Å². The number of nitrogens with zero attached hydrogens (tertiary/aromatic N) is 1. The largest absolute Gasteiger partial charge is 0.314 e. The monoisotopic (exact) mass is 238 g/mol. The molecule has 1 saturated carbocycles. The third kappa shape index (κ3) is 4.26. The predicted molar refractivity (Wildman–Crippen MR) is 74.3 cm³/mol. The van der Waals surface area contributed by atoms with Gasteiger partial charge in [-0.05, 0) is 63.6 Å². The van der Waals surface area contributed by atoms with Gasteiger partial charge in [0.25, 0.3) is 0 Å². The predicted octanol–water partition coefficient (Wildman–Crippen LogP) is 2.89. The summed E-state index contributed by atoms with van der Waals surface area (Å²) in [5.41, 5.74) is 0. The zero-order chi connectivity index (χ0) is 12.1. The molecule has 0 bridgehead atoms. The average molecular weight is 238 g/mol. The van der Waals surface area contributed by atoms with Gasteiger partial charge in [-0.15, -0.1) is 0 Å². The van der Waals surface area contributed by atoms with Gasteiger partial charge in [0, 0.05) is 12.6 Å². The molecule has 2 fully saturated rings. The van der Waals surface area contributed by atoms with E-state index < -0.39 is 0 Å². The quantitative estimate of drug-likeness (QED) is 0.792. The van der Waals surface area contributed by atoms with Gasteiger partial charge in [-0.3, -0.25) is 0 Å². The van der Waals surface area contributed by atoms with Crippen LogP contribution < -0.4 is 5.32 Å². The lowest BCUT2D eigenvalue weighted by Gasteiger charge is -2.34. The van der Waals surface area contributed by atoms with Crippen LogP contribution in [0, 0.1) is 11.8 Å². The van der Waals surface area contributed by atoms with Crippen LogP contribution in [-0.4, -0.2) is 37.1 Å². The minimum atomic E-state index is 0.800. The van der Waals surface area contributed by atoms with Crippen LogP contribution in [0.5, 0.6) is 0 Å². The van der Waals surface area contributed by atoms with E-state index in [1.807, 2.05) is 0 Å². The summed E-state index contributed by atoms with van der Waals surface area (Å²) in [6.45, 7) is 9.90. The number of piperidine rings is 1. The molecule has 1 N–H and O–H groups in total. The van der Waals surface area contributed by atoms with Gasteiger partial charge < -0.3 is 10.2 Å². The van der Waals surface area contributed by atoms with E-state index in [0.717, 1.165) is 17.9 Å². The molecule has 0 amide bonds. The molecule has 2 atom stereocenters. The second kappa shape index (κ2) is 6.75. The van der Waals surface area contributed by atoms with Gasteiger partial charge in [0.05, 0.1) is 0 Å². The number of rotatable bonds is 5. The van der Waals surface area contributed by atoms with Crippen molar-refractivity contribution >= 4 is 0 Å². The van der Waals surface area contributed by atoms with Crippen LogP contribution in [0.4, 0.5) is 0 Å². The summed E-state index contributed by atoms with van der Waals surface area (Å²) < 4.78 is 0. The van der Waals surface area contributed by atoms with Gasteiger partial charge in [-0.25, -0.2) is 0 Å². The Bertz CT molecular complexity index is 209. The van der Waals surface area contributed by atoms with Crippen molar-refractivity contribution in [2.75, 3.05) is 26.2 Å². The summed E-state index contributed by atoms with van der Waals surface area (Å²) in [5.74, 6) is 1.99. The first-order chi connectivity index (χ1) is 8.28. The van der Waals surface area contributed by atoms with Gasteiger partial charge in [0.2, 0.25) is 0 Å².